The van der Waals surface area contributed by atoms with Crippen molar-refractivity contribution in [3.05, 3.63) is 78.9 Å². The molecular formula is C20H15N3O. The van der Waals surface area contributed by atoms with Crippen LogP contribution in [0.25, 0.3) is 22.0 Å². The predicted octanol–water partition coefficient (Wildman–Crippen LogP) is 4.79. The Balaban J connectivity index is 1.82. The van der Waals surface area contributed by atoms with Crippen LogP contribution in [0, 0.1) is 6.92 Å². The molecule has 0 N–H and O–H groups in total. The molecule has 0 bridgehead atoms. The van der Waals surface area contributed by atoms with E-state index < -0.39 is 0 Å². The zero-order chi connectivity index (χ0) is 16.4. The lowest BCUT2D eigenvalue weighted by Gasteiger charge is -2.12. The van der Waals surface area contributed by atoms with E-state index in [1.54, 1.807) is 12.4 Å². The number of ether oxygens (including phenoxy) is 1. The zero-order valence-electron chi connectivity index (χ0n) is 13.2. The Morgan fingerprint density at radius 1 is 0.792 bits per heavy atom. The second-order valence-electron chi connectivity index (χ2n) is 5.48. The van der Waals surface area contributed by atoms with Crippen molar-refractivity contribution in [2.24, 2.45) is 0 Å². The molecule has 4 heteroatoms. The lowest BCUT2D eigenvalue weighted by Crippen LogP contribution is -1.94. The molecule has 0 aliphatic carbocycles. The van der Waals surface area contributed by atoms with Gasteiger partial charge in [-0.05, 0) is 42.1 Å². The van der Waals surface area contributed by atoms with Crippen LogP contribution in [-0.2, 0) is 0 Å². The van der Waals surface area contributed by atoms with Gasteiger partial charge in [0, 0.05) is 17.8 Å². The van der Waals surface area contributed by atoms with Crippen LogP contribution < -0.4 is 4.74 Å². The molecule has 2 aromatic carbocycles. The smallest absolute Gasteiger partial charge is 0.228 e. The summed E-state index contributed by atoms with van der Waals surface area (Å²) in [7, 11) is 0. The largest absolute Gasteiger partial charge is 0.438 e. The van der Waals surface area contributed by atoms with E-state index >= 15 is 0 Å². The first kappa shape index (κ1) is 14.3. The minimum absolute atomic E-state index is 0.533. The maximum absolute atomic E-state index is 6.16. The van der Waals surface area contributed by atoms with Crippen LogP contribution in [0.1, 0.15) is 5.56 Å². The second-order valence-corrected chi connectivity index (χ2v) is 5.48. The zero-order valence-corrected chi connectivity index (χ0v) is 13.2. The molecule has 116 valence electrons. The van der Waals surface area contributed by atoms with Crippen LogP contribution in [0.15, 0.2) is 73.3 Å². The van der Waals surface area contributed by atoms with Crippen molar-refractivity contribution in [2.75, 3.05) is 0 Å². The van der Waals surface area contributed by atoms with E-state index in [4.69, 9.17) is 4.74 Å². The van der Waals surface area contributed by atoms with Crippen LogP contribution in [0.4, 0.5) is 0 Å². The van der Waals surface area contributed by atoms with Gasteiger partial charge in [-0.2, -0.15) is 0 Å². The highest BCUT2D eigenvalue weighted by molar-refractivity contribution is 5.91. The molecule has 4 aromatic rings. The molecule has 0 saturated carbocycles. The molecule has 24 heavy (non-hydrogen) atoms. The standard InChI is InChI=1S/C20H15N3O/c1-14-8-9-19(16-6-3-2-5-15(14)16)24-20-17(7-4-11-22-20)18-10-12-21-13-23-18/h2-13H,1H3. The third-order valence-corrected chi connectivity index (χ3v) is 3.94. The molecule has 0 aliphatic rings. The third-order valence-electron chi connectivity index (χ3n) is 3.94. The van der Waals surface area contributed by atoms with Gasteiger partial charge in [0.2, 0.25) is 5.88 Å². The maximum atomic E-state index is 6.16. The van der Waals surface area contributed by atoms with Crippen molar-refractivity contribution in [3.8, 4) is 22.9 Å². The van der Waals surface area contributed by atoms with Gasteiger partial charge in [-0.3, -0.25) is 0 Å². The number of aromatic nitrogens is 3. The average molecular weight is 313 g/mol. The number of pyridine rings is 1. The van der Waals surface area contributed by atoms with Crippen LogP contribution in [0.2, 0.25) is 0 Å². The van der Waals surface area contributed by atoms with Crippen molar-refractivity contribution in [2.45, 2.75) is 6.92 Å². The summed E-state index contributed by atoms with van der Waals surface area (Å²) in [5, 5.41) is 2.24. The number of benzene rings is 2. The van der Waals surface area contributed by atoms with Crippen molar-refractivity contribution in [1.29, 1.82) is 0 Å². The molecular weight excluding hydrogens is 298 g/mol. The summed E-state index contributed by atoms with van der Waals surface area (Å²) in [4.78, 5) is 12.7. The van der Waals surface area contributed by atoms with E-state index in [1.807, 2.05) is 36.4 Å². The van der Waals surface area contributed by atoms with Gasteiger partial charge in [-0.25, -0.2) is 15.0 Å². The molecule has 0 spiro atoms. The molecule has 0 atom stereocenters. The van der Waals surface area contributed by atoms with Gasteiger partial charge < -0.3 is 4.74 Å². The summed E-state index contributed by atoms with van der Waals surface area (Å²) in [5.74, 6) is 1.32. The molecule has 2 heterocycles. The van der Waals surface area contributed by atoms with E-state index in [1.165, 1.54) is 17.3 Å². The highest BCUT2D eigenvalue weighted by Crippen LogP contribution is 2.34. The predicted molar refractivity (Wildman–Crippen MR) is 94.0 cm³/mol. The number of hydrogen-bond donors (Lipinski definition) is 0. The minimum Gasteiger partial charge on any atom is -0.438 e. The summed E-state index contributed by atoms with van der Waals surface area (Å²) in [5.41, 5.74) is 2.84. The Morgan fingerprint density at radius 2 is 1.67 bits per heavy atom. The average Bonchev–Trinajstić information content (AvgIpc) is 2.65. The van der Waals surface area contributed by atoms with E-state index in [9.17, 15) is 0 Å². The summed E-state index contributed by atoms with van der Waals surface area (Å²) in [6, 6.07) is 17.9. The van der Waals surface area contributed by atoms with E-state index in [0.717, 1.165) is 22.4 Å². The Labute approximate surface area is 139 Å². The number of fused-ring (bicyclic) bond motifs is 1. The topological polar surface area (TPSA) is 47.9 Å². The Morgan fingerprint density at radius 3 is 2.50 bits per heavy atom. The van der Waals surface area contributed by atoms with Gasteiger partial charge in [0.05, 0.1) is 11.3 Å². The van der Waals surface area contributed by atoms with Crippen LogP contribution >= 0.6 is 0 Å². The van der Waals surface area contributed by atoms with Crippen LogP contribution in [-0.4, -0.2) is 15.0 Å². The van der Waals surface area contributed by atoms with Gasteiger partial charge in [-0.1, -0.05) is 30.3 Å². The summed E-state index contributed by atoms with van der Waals surface area (Å²) in [6.07, 6.45) is 4.95. The number of nitrogens with zero attached hydrogens (tertiary/aromatic N) is 3. The Kier molecular flexibility index (Phi) is 3.63. The SMILES string of the molecule is Cc1ccc(Oc2ncccc2-c2ccncn2)c2ccccc12. The van der Waals surface area contributed by atoms with Crippen molar-refractivity contribution in [1.82, 2.24) is 15.0 Å². The monoisotopic (exact) mass is 313 g/mol. The molecule has 0 amide bonds. The van der Waals surface area contributed by atoms with Gasteiger partial charge in [0.25, 0.3) is 0 Å². The molecule has 0 aliphatic heterocycles. The molecule has 4 nitrogen and oxygen atoms in total. The normalized spacial score (nSPS) is 10.7. The van der Waals surface area contributed by atoms with E-state index in [-0.39, 0.29) is 0 Å². The first-order valence-corrected chi connectivity index (χ1v) is 7.70. The van der Waals surface area contributed by atoms with E-state index in [2.05, 4.69) is 40.1 Å². The number of aryl methyl sites for hydroxylation is 1. The Bertz CT molecular complexity index is 1000. The van der Waals surface area contributed by atoms with Crippen molar-refractivity contribution in [3.63, 3.8) is 0 Å². The van der Waals surface area contributed by atoms with Crippen molar-refractivity contribution >= 4 is 10.8 Å². The first-order chi connectivity index (χ1) is 11.8. The fourth-order valence-corrected chi connectivity index (χ4v) is 2.73. The maximum Gasteiger partial charge on any atom is 0.228 e. The number of rotatable bonds is 3. The molecule has 4 rings (SSSR count). The molecule has 0 fully saturated rings. The van der Waals surface area contributed by atoms with Gasteiger partial charge in [0.1, 0.15) is 12.1 Å². The fraction of sp³-hybridized carbons (Fsp3) is 0.0500. The molecule has 0 unspecified atom stereocenters. The lowest BCUT2D eigenvalue weighted by atomic mass is 10.0. The molecule has 2 aromatic heterocycles. The summed E-state index contributed by atoms with van der Waals surface area (Å²) >= 11 is 0. The highest BCUT2D eigenvalue weighted by atomic mass is 16.5. The molecule has 0 radical (unpaired) electrons. The number of hydrogen-bond acceptors (Lipinski definition) is 4. The minimum atomic E-state index is 0.533. The summed E-state index contributed by atoms with van der Waals surface area (Å²) in [6.45, 7) is 2.10. The Hall–Kier alpha value is -3.27. The van der Waals surface area contributed by atoms with Gasteiger partial charge in [-0.15, -0.1) is 0 Å². The molecule has 0 saturated heterocycles. The first-order valence-electron chi connectivity index (χ1n) is 7.70. The third kappa shape index (κ3) is 2.58. The van der Waals surface area contributed by atoms with Crippen LogP contribution in [0.3, 0.4) is 0 Å². The van der Waals surface area contributed by atoms with Gasteiger partial charge >= 0.3 is 0 Å². The highest BCUT2D eigenvalue weighted by Gasteiger charge is 2.11. The summed E-state index contributed by atoms with van der Waals surface area (Å²) < 4.78 is 6.16. The van der Waals surface area contributed by atoms with Gasteiger partial charge in [0.15, 0.2) is 0 Å². The quantitative estimate of drug-likeness (QED) is 0.545. The second kappa shape index (κ2) is 6.08. The van der Waals surface area contributed by atoms with Crippen LogP contribution in [0.5, 0.6) is 11.6 Å². The lowest BCUT2D eigenvalue weighted by molar-refractivity contribution is 0.470. The fourth-order valence-electron chi connectivity index (χ4n) is 2.73. The van der Waals surface area contributed by atoms with Crippen molar-refractivity contribution < 1.29 is 4.74 Å². The van der Waals surface area contributed by atoms with E-state index in [0.29, 0.717) is 5.88 Å².